The maximum absolute atomic E-state index is 12.3. The van der Waals surface area contributed by atoms with Crippen molar-refractivity contribution in [3.8, 4) is 0 Å². The average molecular weight is 427 g/mol. The number of H-pyrrole nitrogens is 2. The first-order valence-electron chi connectivity index (χ1n) is 9.44. The maximum Gasteiger partial charge on any atom is 0.303 e. The van der Waals surface area contributed by atoms with Crippen LogP contribution in [0, 0.1) is 0 Å². The van der Waals surface area contributed by atoms with E-state index in [2.05, 4.69) is 20.3 Å². The number of anilines is 1. The van der Waals surface area contributed by atoms with Crippen LogP contribution in [0.3, 0.4) is 0 Å². The molecule has 11 heteroatoms. The smallest absolute Gasteiger partial charge is 0.303 e. The lowest BCUT2D eigenvalue weighted by Crippen LogP contribution is -2.37. The van der Waals surface area contributed by atoms with E-state index < -0.39 is 18.1 Å². The van der Waals surface area contributed by atoms with Gasteiger partial charge in [-0.05, 0) is 36.1 Å². The number of carbonyl (C=O) groups excluding carboxylic acids is 2. The number of hydrogen-bond acceptors (Lipinski definition) is 7. The van der Waals surface area contributed by atoms with Gasteiger partial charge in [0.2, 0.25) is 5.95 Å². The Kier molecular flexibility index (Phi) is 6.65. The summed E-state index contributed by atoms with van der Waals surface area (Å²) in [6.45, 7) is 0.162. The van der Waals surface area contributed by atoms with Crippen molar-refractivity contribution in [1.82, 2.24) is 20.3 Å². The van der Waals surface area contributed by atoms with Crippen molar-refractivity contribution >= 4 is 35.3 Å². The first-order chi connectivity index (χ1) is 14.9. The zero-order valence-electron chi connectivity index (χ0n) is 16.4. The van der Waals surface area contributed by atoms with Gasteiger partial charge in [0.25, 0.3) is 17.9 Å². The predicted octanol–water partition coefficient (Wildman–Crippen LogP) is 0.712. The highest BCUT2D eigenvalue weighted by atomic mass is 16.5. The third-order valence-corrected chi connectivity index (χ3v) is 4.67. The molecule has 0 fully saturated rings. The molecular weight excluding hydrogens is 406 g/mol. The Morgan fingerprint density at radius 3 is 2.68 bits per heavy atom. The lowest BCUT2D eigenvalue weighted by molar-refractivity contribution is -0.141. The molecule has 0 bridgehead atoms. The summed E-state index contributed by atoms with van der Waals surface area (Å²) in [4.78, 5) is 55.2. The molecule has 0 spiro atoms. The van der Waals surface area contributed by atoms with E-state index in [-0.39, 0.29) is 30.8 Å². The van der Waals surface area contributed by atoms with Gasteiger partial charge in [-0.15, -0.1) is 0 Å². The maximum atomic E-state index is 12.3. The molecular formula is C20H21N5O6. The number of carboxylic acid groups (broad SMARTS) is 1. The van der Waals surface area contributed by atoms with Crippen molar-refractivity contribution < 1.29 is 24.2 Å². The highest BCUT2D eigenvalue weighted by Crippen LogP contribution is 2.16. The number of aliphatic carboxylic acids is 1. The second-order valence-electron chi connectivity index (χ2n) is 6.81. The summed E-state index contributed by atoms with van der Waals surface area (Å²) in [6.07, 6.45) is 1.60. The Morgan fingerprint density at radius 2 is 2.00 bits per heavy atom. The SMILES string of the molecule is Nc1nc2[nH]cc(CCc3ccc(C(=O)N[C@@H](CCC(=O)O)OC=O)cc3)c2c(=O)[nH]1. The highest BCUT2D eigenvalue weighted by Gasteiger charge is 2.16. The number of hydrogen-bond donors (Lipinski definition) is 5. The van der Waals surface area contributed by atoms with E-state index >= 15 is 0 Å². The molecule has 0 aliphatic rings. The Hall–Kier alpha value is -4.15. The van der Waals surface area contributed by atoms with Gasteiger partial charge in [-0.3, -0.25) is 24.2 Å². The third-order valence-electron chi connectivity index (χ3n) is 4.67. The first kappa shape index (κ1) is 21.6. The van der Waals surface area contributed by atoms with Gasteiger partial charge >= 0.3 is 5.97 Å². The number of aromatic nitrogens is 3. The normalized spacial score (nSPS) is 11.7. The van der Waals surface area contributed by atoms with E-state index in [1.165, 1.54) is 0 Å². The number of aromatic amines is 2. The molecule has 2 aromatic heterocycles. The van der Waals surface area contributed by atoms with Crippen LogP contribution in [-0.2, 0) is 27.2 Å². The summed E-state index contributed by atoms with van der Waals surface area (Å²) >= 11 is 0. The Labute approximate surface area is 175 Å². The molecule has 0 aliphatic carbocycles. The minimum atomic E-state index is -1.06. The number of fused-ring (bicyclic) bond motifs is 1. The minimum Gasteiger partial charge on any atom is -0.481 e. The number of nitrogens with two attached hydrogens (primary N) is 1. The molecule has 1 amide bonds. The van der Waals surface area contributed by atoms with Crippen LogP contribution in [0.5, 0.6) is 0 Å². The minimum absolute atomic E-state index is 0.0395. The van der Waals surface area contributed by atoms with Crippen molar-refractivity contribution in [2.75, 3.05) is 5.73 Å². The lowest BCUT2D eigenvalue weighted by atomic mass is 10.0. The first-order valence-corrected chi connectivity index (χ1v) is 9.44. The molecule has 3 rings (SSSR count). The van der Waals surface area contributed by atoms with E-state index in [0.717, 1.165) is 11.1 Å². The molecule has 1 aromatic carbocycles. The van der Waals surface area contributed by atoms with Crippen LogP contribution in [-0.4, -0.2) is 44.6 Å². The van der Waals surface area contributed by atoms with Gasteiger partial charge in [0.05, 0.1) is 11.8 Å². The number of ether oxygens (including phenoxy) is 1. The van der Waals surface area contributed by atoms with Crippen LogP contribution in [0.15, 0.2) is 35.3 Å². The average Bonchev–Trinajstić information content (AvgIpc) is 3.14. The molecule has 1 atom stereocenters. The number of rotatable bonds is 10. The largest absolute Gasteiger partial charge is 0.481 e. The summed E-state index contributed by atoms with van der Waals surface area (Å²) < 4.78 is 4.72. The van der Waals surface area contributed by atoms with Crippen LogP contribution < -0.4 is 16.6 Å². The van der Waals surface area contributed by atoms with E-state index in [0.29, 0.717) is 29.4 Å². The molecule has 162 valence electrons. The summed E-state index contributed by atoms with van der Waals surface area (Å²) in [5.74, 6) is -1.51. The Balaban J connectivity index is 1.62. The molecule has 0 saturated carbocycles. The quantitative estimate of drug-likeness (QED) is 0.232. The summed E-state index contributed by atoms with van der Waals surface area (Å²) in [6, 6.07) is 6.78. The monoisotopic (exact) mass is 427 g/mol. The van der Waals surface area contributed by atoms with Crippen molar-refractivity contribution in [3.05, 3.63) is 57.5 Å². The number of benzene rings is 1. The Morgan fingerprint density at radius 1 is 1.26 bits per heavy atom. The Bertz CT molecular complexity index is 1150. The number of amides is 1. The number of carbonyl (C=O) groups is 3. The molecule has 0 aliphatic heterocycles. The van der Waals surface area contributed by atoms with E-state index in [1.54, 1.807) is 30.5 Å². The van der Waals surface area contributed by atoms with E-state index in [9.17, 15) is 19.2 Å². The number of nitrogen functional groups attached to an aromatic ring is 1. The van der Waals surface area contributed by atoms with Crippen LogP contribution >= 0.6 is 0 Å². The van der Waals surface area contributed by atoms with Gasteiger partial charge in [-0.25, -0.2) is 0 Å². The van der Waals surface area contributed by atoms with Crippen molar-refractivity contribution in [2.45, 2.75) is 31.9 Å². The fourth-order valence-electron chi connectivity index (χ4n) is 3.15. The topological polar surface area (TPSA) is 180 Å². The molecule has 0 saturated heterocycles. The lowest BCUT2D eigenvalue weighted by Gasteiger charge is -2.16. The van der Waals surface area contributed by atoms with Crippen molar-refractivity contribution in [3.63, 3.8) is 0 Å². The second kappa shape index (κ2) is 9.57. The fraction of sp³-hybridized carbons (Fsp3) is 0.250. The molecule has 0 radical (unpaired) electrons. The molecule has 0 unspecified atom stereocenters. The third kappa shape index (κ3) is 5.47. The molecule has 11 nitrogen and oxygen atoms in total. The van der Waals surface area contributed by atoms with Crippen molar-refractivity contribution in [1.29, 1.82) is 0 Å². The van der Waals surface area contributed by atoms with E-state index in [4.69, 9.17) is 15.6 Å². The van der Waals surface area contributed by atoms with Crippen LogP contribution in [0.2, 0.25) is 0 Å². The van der Waals surface area contributed by atoms with Gasteiger partial charge in [0.15, 0.2) is 6.23 Å². The molecule has 31 heavy (non-hydrogen) atoms. The van der Waals surface area contributed by atoms with Gasteiger partial charge in [-0.2, -0.15) is 4.98 Å². The molecule has 6 N–H and O–H groups in total. The van der Waals surface area contributed by atoms with Crippen LogP contribution in [0.4, 0.5) is 5.95 Å². The summed E-state index contributed by atoms with van der Waals surface area (Å²) in [5.41, 5.74) is 7.75. The fourth-order valence-corrected chi connectivity index (χ4v) is 3.15. The van der Waals surface area contributed by atoms with E-state index in [1.807, 2.05) is 0 Å². The van der Waals surface area contributed by atoms with Gasteiger partial charge < -0.3 is 25.9 Å². The summed E-state index contributed by atoms with van der Waals surface area (Å²) in [7, 11) is 0. The van der Waals surface area contributed by atoms with Crippen molar-refractivity contribution in [2.24, 2.45) is 0 Å². The summed E-state index contributed by atoms with van der Waals surface area (Å²) in [5, 5.41) is 11.7. The number of nitrogens with zero attached hydrogens (tertiary/aromatic N) is 1. The predicted molar refractivity (Wildman–Crippen MR) is 110 cm³/mol. The number of aryl methyl sites for hydroxylation is 2. The standard InChI is InChI=1S/C20H21N5O6/c21-20-24-17-16(19(30)25-20)13(9-22-17)6-3-11-1-4-12(5-2-11)18(29)23-14(31-10-26)7-8-15(27)28/h1-2,4-5,9-10,14H,3,6-8H2,(H,23,29)(H,27,28)(H4,21,22,24,25,30)/t14-/m1/s1. The van der Waals surface area contributed by atoms with Gasteiger partial charge in [-0.1, -0.05) is 12.1 Å². The number of carboxylic acids is 1. The van der Waals surface area contributed by atoms with Crippen LogP contribution in [0.25, 0.3) is 11.0 Å². The highest BCUT2D eigenvalue weighted by molar-refractivity contribution is 5.94. The molecule has 2 heterocycles. The zero-order valence-corrected chi connectivity index (χ0v) is 16.4. The van der Waals surface area contributed by atoms with Crippen LogP contribution in [0.1, 0.15) is 34.3 Å². The number of nitrogens with one attached hydrogen (secondary N) is 3. The second-order valence-corrected chi connectivity index (χ2v) is 6.81. The molecule has 3 aromatic rings. The van der Waals surface area contributed by atoms with Gasteiger partial charge in [0, 0.05) is 18.2 Å². The van der Waals surface area contributed by atoms with Gasteiger partial charge in [0.1, 0.15) is 5.65 Å². The zero-order chi connectivity index (χ0) is 22.4.